The van der Waals surface area contributed by atoms with Gasteiger partial charge in [0.25, 0.3) is 5.91 Å². The van der Waals surface area contributed by atoms with Crippen molar-refractivity contribution in [3.05, 3.63) is 77.6 Å². The molecule has 0 aliphatic rings. The molecule has 0 unspecified atom stereocenters. The Kier molecular flexibility index (Phi) is 5.89. The molecule has 1 aromatic heterocycles. The number of para-hydroxylation sites is 1. The summed E-state index contributed by atoms with van der Waals surface area (Å²) in [5, 5.41) is 7.35. The van der Waals surface area contributed by atoms with E-state index < -0.39 is 0 Å². The van der Waals surface area contributed by atoms with Crippen molar-refractivity contribution in [2.45, 2.75) is 26.8 Å². The van der Waals surface area contributed by atoms with Crippen molar-refractivity contribution in [1.82, 2.24) is 14.7 Å². The second kappa shape index (κ2) is 8.52. The number of amides is 2. The number of carbonyl (C=O) groups excluding carboxylic acids is 2. The van der Waals surface area contributed by atoms with E-state index in [9.17, 15) is 9.59 Å². The van der Waals surface area contributed by atoms with Crippen LogP contribution in [0.4, 0.5) is 5.69 Å². The Morgan fingerprint density at radius 1 is 1.11 bits per heavy atom. The van der Waals surface area contributed by atoms with E-state index in [-0.39, 0.29) is 11.8 Å². The first kappa shape index (κ1) is 19.4. The lowest BCUT2D eigenvalue weighted by atomic mass is 10.1. The molecule has 0 atom stereocenters. The molecule has 6 nitrogen and oxygen atoms in total. The highest BCUT2D eigenvalue weighted by Gasteiger charge is 2.17. The monoisotopic (exact) mass is 376 g/mol. The normalized spacial score (nSPS) is 10.5. The van der Waals surface area contributed by atoms with Gasteiger partial charge in [-0.05, 0) is 36.2 Å². The highest BCUT2D eigenvalue weighted by Crippen LogP contribution is 2.18. The second-order valence-electron chi connectivity index (χ2n) is 6.64. The van der Waals surface area contributed by atoms with E-state index in [2.05, 4.69) is 10.4 Å². The Balaban J connectivity index is 1.80. The van der Waals surface area contributed by atoms with Crippen LogP contribution in [-0.4, -0.2) is 33.5 Å². The predicted octanol–water partition coefficient (Wildman–Crippen LogP) is 3.67. The van der Waals surface area contributed by atoms with Crippen LogP contribution in [0, 0.1) is 0 Å². The highest BCUT2D eigenvalue weighted by atomic mass is 16.2. The van der Waals surface area contributed by atoms with Gasteiger partial charge in [0.1, 0.15) is 0 Å². The lowest BCUT2D eigenvalue weighted by Gasteiger charge is -2.15. The first-order chi connectivity index (χ1) is 13.5. The fourth-order valence-electron chi connectivity index (χ4n) is 3.03. The van der Waals surface area contributed by atoms with E-state index in [1.807, 2.05) is 61.5 Å². The Bertz CT molecular complexity index is 979. The molecule has 0 bridgehead atoms. The van der Waals surface area contributed by atoms with Crippen LogP contribution in [0.2, 0.25) is 0 Å². The lowest BCUT2D eigenvalue weighted by molar-refractivity contribution is -0.128. The van der Waals surface area contributed by atoms with Gasteiger partial charge in [0, 0.05) is 26.2 Å². The summed E-state index contributed by atoms with van der Waals surface area (Å²) in [6.45, 7) is 4.03. The fourth-order valence-corrected chi connectivity index (χ4v) is 3.03. The second-order valence-corrected chi connectivity index (χ2v) is 6.64. The van der Waals surface area contributed by atoms with Crippen LogP contribution in [-0.2, 0) is 17.8 Å². The van der Waals surface area contributed by atoms with Crippen LogP contribution in [0.1, 0.15) is 35.5 Å². The van der Waals surface area contributed by atoms with E-state index in [0.29, 0.717) is 24.2 Å². The maximum atomic E-state index is 12.9. The maximum absolute atomic E-state index is 12.9. The summed E-state index contributed by atoms with van der Waals surface area (Å²) in [6, 6.07) is 17.3. The number of nitrogens with one attached hydrogen (secondary N) is 1. The highest BCUT2D eigenvalue weighted by molar-refractivity contribution is 6.05. The number of nitrogens with zero attached hydrogens (tertiary/aromatic N) is 3. The zero-order valence-corrected chi connectivity index (χ0v) is 16.3. The number of anilines is 1. The molecule has 1 heterocycles. The molecule has 0 fully saturated rings. The SMILES string of the molecule is CCc1c(C(=O)Nc2cccc(CN(C)C(C)=O)c2)cnn1-c1ccccc1. The standard InChI is InChI=1S/C22H24N4O2/c1-4-21-20(14-23-26(21)19-11-6-5-7-12-19)22(28)24-18-10-8-9-17(13-18)15-25(3)16(2)27/h5-14H,4,15H2,1-3H3,(H,24,28). The molecule has 3 rings (SSSR count). The molecule has 6 heteroatoms. The molecule has 1 N–H and O–H groups in total. The first-order valence-electron chi connectivity index (χ1n) is 9.24. The smallest absolute Gasteiger partial charge is 0.259 e. The fraction of sp³-hybridized carbons (Fsp3) is 0.227. The number of benzene rings is 2. The van der Waals surface area contributed by atoms with Gasteiger partial charge in [0.15, 0.2) is 0 Å². The average molecular weight is 376 g/mol. The van der Waals surface area contributed by atoms with Gasteiger partial charge in [-0.1, -0.05) is 37.3 Å². The molecular formula is C22H24N4O2. The third-order valence-corrected chi connectivity index (χ3v) is 4.59. The summed E-state index contributed by atoms with van der Waals surface area (Å²) >= 11 is 0. The Morgan fingerprint density at radius 3 is 2.54 bits per heavy atom. The van der Waals surface area contributed by atoms with Gasteiger partial charge >= 0.3 is 0 Å². The largest absolute Gasteiger partial charge is 0.342 e. The van der Waals surface area contributed by atoms with Gasteiger partial charge in [0.2, 0.25) is 5.91 Å². The van der Waals surface area contributed by atoms with Gasteiger partial charge in [-0.3, -0.25) is 9.59 Å². The van der Waals surface area contributed by atoms with Crippen molar-refractivity contribution in [1.29, 1.82) is 0 Å². The van der Waals surface area contributed by atoms with Crippen molar-refractivity contribution in [3.8, 4) is 5.69 Å². The van der Waals surface area contributed by atoms with Crippen molar-refractivity contribution < 1.29 is 9.59 Å². The van der Waals surface area contributed by atoms with E-state index in [4.69, 9.17) is 0 Å². The van der Waals surface area contributed by atoms with E-state index in [1.165, 1.54) is 6.92 Å². The number of aromatic nitrogens is 2. The molecule has 3 aromatic rings. The van der Waals surface area contributed by atoms with Gasteiger partial charge < -0.3 is 10.2 Å². The quantitative estimate of drug-likeness (QED) is 0.714. The van der Waals surface area contributed by atoms with Crippen LogP contribution in [0.15, 0.2) is 60.8 Å². The minimum Gasteiger partial charge on any atom is -0.342 e. The molecule has 0 aliphatic heterocycles. The first-order valence-corrected chi connectivity index (χ1v) is 9.24. The molecule has 0 saturated carbocycles. The van der Waals surface area contributed by atoms with Crippen molar-refractivity contribution in [2.75, 3.05) is 12.4 Å². The summed E-state index contributed by atoms with van der Waals surface area (Å²) in [5.41, 5.74) is 3.97. The molecule has 2 amide bonds. The topological polar surface area (TPSA) is 67.2 Å². The zero-order chi connectivity index (χ0) is 20.1. The molecule has 2 aromatic carbocycles. The summed E-state index contributed by atoms with van der Waals surface area (Å²) in [5.74, 6) is -0.202. The van der Waals surface area contributed by atoms with Gasteiger partial charge in [-0.25, -0.2) is 4.68 Å². The lowest BCUT2D eigenvalue weighted by Crippen LogP contribution is -2.23. The van der Waals surface area contributed by atoms with E-state index in [0.717, 1.165) is 16.9 Å². The molecule has 0 saturated heterocycles. The third kappa shape index (κ3) is 4.28. The van der Waals surface area contributed by atoms with Crippen LogP contribution < -0.4 is 5.32 Å². The third-order valence-electron chi connectivity index (χ3n) is 4.59. The van der Waals surface area contributed by atoms with E-state index >= 15 is 0 Å². The van der Waals surface area contributed by atoms with Gasteiger partial charge in [0.05, 0.1) is 23.1 Å². The summed E-state index contributed by atoms with van der Waals surface area (Å²) < 4.78 is 1.80. The van der Waals surface area contributed by atoms with Crippen LogP contribution in [0.3, 0.4) is 0 Å². The number of hydrogen-bond acceptors (Lipinski definition) is 3. The minimum atomic E-state index is -0.198. The van der Waals surface area contributed by atoms with Crippen LogP contribution >= 0.6 is 0 Å². The van der Waals surface area contributed by atoms with Crippen LogP contribution in [0.5, 0.6) is 0 Å². The maximum Gasteiger partial charge on any atom is 0.259 e. The molecule has 0 radical (unpaired) electrons. The molecule has 0 spiro atoms. The van der Waals surface area contributed by atoms with Crippen molar-refractivity contribution >= 4 is 17.5 Å². The molecular weight excluding hydrogens is 352 g/mol. The molecule has 0 aliphatic carbocycles. The molecule has 144 valence electrons. The minimum absolute atomic E-state index is 0.00430. The zero-order valence-electron chi connectivity index (χ0n) is 16.3. The van der Waals surface area contributed by atoms with Crippen LogP contribution in [0.25, 0.3) is 5.69 Å². The van der Waals surface area contributed by atoms with Gasteiger partial charge in [-0.2, -0.15) is 5.10 Å². The van der Waals surface area contributed by atoms with Gasteiger partial charge in [-0.15, -0.1) is 0 Å². The summed E-state index contributed by atoms with van der Waals surface area (Å²) in [6.07, 6.45) is 2.29. The van der Waals surface area contributed by atoms with Crippen molar-refractivity contribution in [2.24, 2.45) is 0 Å². The Hall–Kier alpha value is -3.41. The number of hydrogen-bond donors (Lipinski definition) is 1. The Labute approximate surface area is 164 Å². The molecule has 28 heavy (non-hydrogen) atoms. The van der Waals surface area contributed by atoms with Crippen molar-refractivity contribution in [3.63, 3.8) is 0 Å². The summed E-state index contributed by atoms with van der Waals surface area (Å²) in [7, 11) is 1.75. The Morgan fingerprint density at radius 2 is 1.86 bits per heavy atom. The van der Waals surface area contributed by atoms with E-state index in [1.54, 1.807) is 22.8 Å². The summed E-state index contributed by atoms with van der Waals surface area (Å²) in [4.78, 5) is 25.9. The predicted molar refractivity (Wildman–Crippen MR) is 109 cm³/mol. The number of rotatable bonds is 6. The average Bonchev–Trinajstić information content (AvgIpc) is 3.13. The number of carbonyl (C=O) groups is 2.